The molecular formula is C22H23ClN6O4S. The second-order valence-electron chi connectivity index (χ2n) is 7.80. The van der Waals surface area contributed by atoms with Crippen LogP contribution in [0.1, 0.15) is 41.6 Å². The zero-order valence-electron chi connectivity index (χ0n) is 18.7. The van der Waals surface area contributed by atoms with Crippen LogP contribution in [0.25, 0.3) is 0 Å². The van der Waals surface area contributed by atoms with Gasteiger partial charge in [0.15, 0.2) is 0 Å². The van der Waals surface area contributed by atoms with E-state index in [-0.39, 0.29) is 28.8 Å². The Morgan fingerprint density at radius 2 is 2.00 bits per heavy atom. The minimum Gasteiger partial charge on any atom is -0.342 e. The molecule has 0 bridgehead atoms. The first-order valence-electron chi connectivity index (χ1n) is 10.3. The number of non-ortho nitro benzene ring substituents is 1. The number of nitrogens with zero attached hydrogens (tertiary/aromatic N) is 3. The van der Waals surface area contributed by atoms with Crippen LogP contribution in [0.4, 0.5) is 11.4 Å². The van der Waals surface area contributed by atoms with E-state index >= 15 is 0 Å². The van der Waals surface area contributed by atoms with Crippen molar-refractivity contribution in [3.05, 3.63) is 74.6 Å². The molecule has 0 spiro atoms. The van der Waals surface area contributed by atoms with E-state index in [1.807, 2.05) is 26.8 Å². The number of thioether (sulfide) groups is 1. The maximum Gasteiger partial charge on any atom is 0.270 e. The number of nitro groups is 1. The second-order valence-corrected chi connectivity index (χ2v) is 9.18. The number of hydrogen-bond donors (Lipinski definition) is 3. The van der Waals surface area contributed by atoms with E-state index in [4.69, 9.17) is 11.6 Å². The molecular weight excluding hydrogens is 480 g/mol. The van der Waals surface area contributed by atoms with Gasteiger partial charge in [0.25, 0.3) is 11.6 Å². The summed E-state index contributed by atoms with van der Waals surface area (Å²) in [6, 6.07) is 10.2. The molecule has 34 heavy (non-hydrogen) atoms. The van der Waals surface area contributed by atoms with Crippen molar-refractivity contribution < 1.29 is 14.5 Å². The number of nitrogens with one attached hydrogen (secondary N) is 3. The number of halogens is 1. The topological polar surface area (TPSA) is 143 Å². The molecule has 0 saturated heterocycles. The van der Waals surface area contributed by atoms with Gasteiger partial charge in [0, 0.05) is 28.4 Å². The maximum atomic E-state index is 12.7. The van der Waals surface area contributed by atoms with Crippen molar-refractivity contribution in [3.63, 3.8) is 0 Å². The van der Waals surface area contributed by atoms with Crippen LogP contribution in [0, 0.1) is 23.0 Å². The Morgan fingerprint density at radius 3 is 2.71 bits per heavy atom. The van der Waals surface area contributed by atoms with Crippen LogP contribution < -0.4 is 10.6 Å². The molecule has 178 valence electrons. The van der Waals surface area contributed by atoms with E-state index in [9.17, 15) is 19.7 Å². The molecule has 3 rings (SSSR count). The molecule has 0 aliphatic heterocycles. The van der Waals surface area contributed by atoms with Crippen LogP contribution >= 0.6 is 23.4 Å². The average molecular weight is 503 g/mol. The standard InChI is InChI=1S/C22H23ClN6O4S/c1-12(2)19(25-21(31)14-5-4-6-16(9-14)29(32)33)20-26-22(28-27-20)34-11-18(30)24-17-10-15(23)8-7-13(17)3/h4-10,12,19H,11H2,1-3H3,(H,24,30)(H,25,31)(H,26,27,28)/t19-/m1/s1. The van der Waals surface area contributed by atoms with Gasteiger partial charge in [-0.25, -0.2) is 4.98 Å². The van der Waals surface area contributed by atoms with E-state index in [1.54, 1.807) is 12.1 Å². The predicted molar refractivity (Wildman–Crippen MR) is 130 cm³/mol. The van der Waals surface area contributed by atoms with E-state index in [2.05, 4.69) is 25.8 Å². The monoisotopic (exact) mass is 502 g/mol. The molecule has 0 aliphatic rings. The molecule has 12 heteroatoms. The van der Waals surface area contributed by atoms with Gasteiger partial charge in [-0.3, -0.25) is 24.8 Å². The first-order chi connectivity index (χ1) is 16.1. The molecule has 0 unspecified atom stereocenters. The van der Waals surface area contributed by atoms with Crippen molar-refractivity contribution in [3.8, 4) is 0 Å². The number of rotatable bonds is 9. The minimum atomic E-state index is -0.555. The van der Waals surface area contributed by atoms with Crippen LogP contribution in [0.5, 0.6) is 0 Å². The zero-order valence-corrected chi connectivity index (χ0v) is 20.2. The summed E-state index contributed by atoms with van der Waals surface area (Å²) < 4.78 is 0. The molecule has 0 radical (unpaired) electrons. The number of anilines is 1. The van der Waals surface area contributed by atoms with Gasteiger partial charge in [-0.15, -0.1) is 5.10 Å². The van der Waals surface area contributed by atoms with E-state index < -0.39 is 16.9 Å². The van der Waals surface area contributed by atoms with Crippen LogP contribution in [0.15, 0.2) is 47.6 Å². The summed E-state index contributed by atoms with van der Waals surface area (Å²) >= 11 is 7.13. The Morgan fingerprint density at radius 1 is 1.24 bits per heavy atom. The number of aryl methyl sites for hydroxylation is 1. The molecule has 1 atom stereocenters. The number of nitro benzene ring substituents is 1. The van der Waals surface area contributed by atoms with Gasteiger partial charge in [-0.05, 0) is 36.6 Å². The first kappa shape index (κ1) is 25.2. The predicted octanol–water partition coefficient (Wildman–Crippen LogP) is 4.53. The fourth-order valence-corrected chi connectivity index (χ4v) is 3.82. The normalized spacial score (nSPS) is 11.8. The van der Waals surface area contributed by atoms with Crippen LogP contribution in [-0.4, -0.2) is 37.7 Å². The van der Waals surface area contributed by atoms with Crippen molar-refractivity contribution in [2.24, 2.45) is 5.92 Å². The average Bonchev–Trinajstić information content (AvgIpc) is 3.26. The van der Waals surface area contributed by atoms with Gasteiger partial charge in [0.05, 0.1) is 16.7 Å². The quantitative estimate of drug-likeness (QED) is 0.221. The largest absolute Gasteiger partial charge is 0.342 e. The summed E-state index contributed by atoms with van der Waals surface area (Å²) in [5.41, 5.74) is 1.53. The summed E-state index contributed by atoms with van der Waals surface area (Å²) in [4.78, 5) is 39.9. The van der Waals surface area contributed by atoms with E-state index in [1.165, 1.54) is 24.3 Å². The number of H-pyrrole nitrogens is 1. The highest BCUT2D eigenvalue weighted by Gasteiger charge is 2.24. The fourth-order valence-electron chi connectivity index (χ4n) is 3.04. The maximum absolute atomic E-state index is 12.7. The van der Waals surface area contributed by atoms with Crippen molar-refractivity contribution >= 4 is 46.6 Å². The third-order valence-electron chi connectivity index (χ3n) is 4.86. The van der Waals surface area contributed by atoms with Crippen molar-refractivity contribution in [1.82, 2.24) is 20.5 Å². The van der Waals surface area contributed by atoms with Crippen molar-refractivity contribution in [2.45, 2.75) is 32.0 Å². The summed E-state index contributed by atoms with van der Waals surface area (Å²) in [6.07, 6.45) is 0. The fraction of sp³-hybridized carbons (Fsp3) is 0.273. The lowest BCUT2D eigenvalue weighted by atomic mass is 10.0. The number of carbonyl (C=O) groups excluding carboxylic acids is 2. The summed E-state index contributed by atoms with van der Waals surface area (Å²) in [7, 11) is 0. The SMILES string of the molecule is Cc1ccc(Cl)cc1NC(=O)CSc1n[nH]c([C@H](NC(=O)c2cccc([N+](=O)[O-])c2)C(C)C)n1. The van der Waals surface area contributed by atoms with Gasteiger partial charge in [0.2, 0.25) is 11.1 Å². The number of aromatic nitrogens is 3. The molecule has 2 amide bonds. The highest BCUT2D eigenvalue weighted by atomic mass is 35.5. The molecule has 1 heterocycles. The van der Waals surface area contributed by atoms with Gasteiger partial charge in [-0.1, -0.05) is 49.3 Å². The molecule has 10 nitrogen and oxygen atoms in total. The Kier molecular flexibility index (Phi) is 8.24. The number of amides is 2. The van der Waals surface area contributed by atoms with Crippen molar-refractivity contribution in [2.75, 3.05) is 11.1 Å². The van der Waals surface area contributed by atoms with Crippen LogP contribution in [0.3, 0.4) is 0 Å². The van der Waals surface area contributed by atoms with Crippen molar-refractivity contribution in [1.29, 1.82) is 0 Å². The minimum absolute atomic E-state index is 0.0532. The number of aromatic amines is 1. The van der Waals surface area contributed by atoms with Crippen LogP contribution in [-0.2, 0) is 4.79 Å². The van der Waals surface area contributed by atoms with Gasteiger partial charge in [0.1, 0.15) is 5.82 Å². The highest BCUT2D eigenvalue weighted by Crippen LogP contribution is 2.24. The molecule has 1 aromatic heterocycles. The molecule has 3 N–H and O–H groups in total. The Labute approximate surface area is 205 Å². The summed E-state index contributed by atoms with van der Waals surface area (Å²) in [5.74, 6) is -0.259. The Balaban J connectivity index is 1.63. The molecule has 0 aliphatic carbocycles. The van der Waals surface area contributed by atoms with E-state index in [0.29, 0.717) is 21.7 Å². The molecule has 2 aromatic carbocycles. The smallest absolute Gasteiger partial charge is 0.270 e. The molecule has 0 saturated carbocycles. The molecule has 3 aromatic rings. The lowest BCUT2D eigenvalue weighted by Gasteiger charge is -2.19. The lowest BCUT2D eigenvalue weighted by molar-refractivity contribution is -0.384. The first-order valence-corrected chi connectivity index (χ1v) is 11.7. The second kappa shape index (κ2) is 11.1. The zero-order chi connectivity index (χ0) is 24.8. The number of carbonyl (C=O) groups is 2. The molecule has 0 fully saturated rings. The summed E-state index contributed by atoms with van der Waals surface area (Å²) in [5, 5.41) is 24.5. The number of hydrogen-bond acceptors (Lipinski definition) is 7. The third kappa shape index (κ3) is 6.55. The van der Waals surface area contributed by atoms with Gasteiger partial charge < -0.3 is 10.6 Å². The Bertz CT molecular complexity index is 1220. The van der Waals surface area contributed by atoms with Crippen LogP contribution in [0.2, 0.25) is 5.02 Å². The van der Waals surface area contributed by atoms with E-state index in [0.717, 1.165) is 17.3 Å². The lowest BCUT2D eigenvalue weighted by Crippen LogP contribution is -2.32. The highest BCUT2D eigenvalue weighted by molar-refractivity contribution is 7.99. The van der Waals surface area contributed by atoms with Gasteiger partial charge >= 0.3 is 0 Å². The summed E-state index contributed by atoms with van der Waals surface area (Å²) in [6.45, 7) is 5.66. The number of benzene rings is 2. The third-order valence-corrected chi connectivity index (χ3v) is 5.94. The van der Waals surface area contributed by atoms with Gasteiger partial charge in [-0.2, -0.15) is 0 Å². The Hall–Kier alpha value is -3.44.